The van der Waals surface area contributed by atoms with Gasteiger partial charge in [0.2, 0.25) is 0 Å². The number of aromatic nitrogens is 4. The Morgan fingerprint density at radius 2 is 0.625 bits per heavy atom. The zero-order valence-electron chi connectivity index (χ0n) is 28.5. The highest BCUT2D eigenvalue weighted by atomic mass is 79.9. The smallest absolute Gasteiger partial charge is 0.165 e. The number of halogens is 8. The molecule has 0 aliphatic carbocycles. The number of nitrogens with one attached hydrogen (secondary N) is 2. The van der Waals surface area contributed by atoms with E-state index in [2.05, 4.69) is 73.7 Å². The van der Waals surface area contributed by atoms with Crippen LogP contribution in [0, 0.1) is 11.6 Å². The first-order valence-electron chi connectivity index (χ1n) is 17.0. The lowest BCUT2D eigenvalue weighted by Crippen LogP contribution is -1.91. The highest BCUT2D eigenvalue weighted by Gasteiger charge is 2.32. The standard InChI is InChI=1S/C44H22Br4F4N4/c45-29-34(50)42-27(23-17-9-3-10-18-23)39-31(47)36(52)44(55-39)28(24-19-11-4-12-20-24)40-32(48)35(51)43(56-40)26(22-15-7-2-8-16-22)38-30(46)33(49)41(54-38)25(37(29)53-42)21-13-5-1-6-14-21/h1-20,53,56H. The number of benzene rings is 4. The van der Waals surface area contributed by atoms with Crippen molar-refractivity contribution in [2.45, 2.75) is 0 Å². The quantitative estimate of drug-likeness (QED) is 0.173. The van der Waals surface area contributed by atoms with Crippen molar-refractivity contribution in [1.29, 1.82) is 0 Å². The Morgan fingerprint density at radius 3 is 0.911 bits per heavy atom. The predicted octanol–water partition coefficient (Wildman–Crippen LogP) is 15.2. The molecule has 0 saturated heterocycles. The lowest BCUT2D eigenvalue weighted by molar-refractivity contribution is 0.635. The molecule has 0 atom stereocenters. The van der Waals surface area contributed by atoms with E-state index in [1.165, 1.54) is 0 Å². The summed E-state index contributed by atoms with van der Waals surface area (Å²) in [6.07, 6.45) is 0. The van der Waals surface area contributed by atoms with Gasteiger partial charge in [0.05, 0.1) is 51.4 Å². The first-order valence-corrected chi connectivity index (χ1v) is 20.2. The SMILES string of the molecule is FC1=C(Br)c2nc1c(-c1ccccc1)c1[nH]c(c(F)c1Br)c(-c1ccccc1)c1nc(c(-c3ccccc3)c3[nH]c(c(F)c3Br)c2-c2ccccc2)C(F)=C1Br. The molecule has 0 radical (unpaired) electrons. The number of aromatic amines is 2. The van der Waals surface area contributed by atoms with Crippen molar-refractivity contribution in [3.05, 3.63) is 165 Å². The fraction of sp³-hybridized carbons (Fsp3) is 0. The van der Waals surface area contributed by atoms with E-state index in [1.807, 2.05) is 24.3 Å². The first-order chi connectivity index (χ1) is 27.2. The van der Waals surface area contributed by atoms with Gasteiger partial charge in [0.25, 0.3) is 0 Å². The maximum absolute atomic E-state index is 17.1. The molecule has 9 rings (SSSR count). The molecular formula is C44H22Br4F4N4. The second-order valence-electron chi connectivity index (χ2n) is 12.8. The number of rotatable bonds is 4. The molecule has 0 spiro atoms. The molecule has 7 aromatic rings. The molecule has 8 bridgehead atoms. The molecule has 4 aromatic carbocycles. The van der Waals surface area contributed by atoms with E-state index in [0.29, 0.717) is 22.3 Å². The maximum Gasteiger partial charge on any atom is 0.165 e. The number of nitrogens with zero attached hydrogens (tertiary/aromatic N) is 2. The van der Waals surface area contributed by atoms with Gasteiger partial charge in [-0.15, -0.1) is 0 Å². The van der Waals surface area contributed by atoms with Crippen molar-refractivity contribution < 1.29 is 17.6 Å². The number of H-pyrrole nitrogens is 2. The van der Waals surface area contributed by atoms with Gasteiger partial charge in [-0.2, -0.15) is 0 Å². The first kappa shape index (κ1) is 36.7. The minimum Gasteiger partial charge on any atom is -0.351 e. The van der Waals surface area contributed by atoms with Crippen LogP contribution in [0.25, 0.3) is 87.2 Å². The molecule has 274 valence electrons. The van der Waals surface area contributed by atoms with E-state index in [-0.39, 0.29) is 85.0 Å². The van der Waals surface area contributed by atoms with Crippen LogP contribution in [0.4, 0.5) is 17.6 Å². The van der Waals surface area contributed by atoms with Crippen molar-refractivity contribution in [2.75, 3.05) is 0 Å². The van der Waals surface area contributed by atoms with Crippen molar-refractivity contribution in [1.82, 2.24) is 19.9 Å². The maximum atomic E-state index is 17.1. The van der Waals surface area contributed by atoms with Crippen LogP contribution in [-0.2, 0) is 0 Å². The van der Waals surface area contributed by atoms with E-state index in [1.54, 1.807) is 97.1 Å². The van der Waals surface area contributed by atoms with Crippen molar-refractivity contribution in [2.24, 2.45) is 0 Å². The Kier molecular flexibility index (Phi) is 9.56. The summed E-state index contributed by atoms with van der Waals surface area (Å²) >= 11 is 13.9. The molecule has 0 fully saturated rings. The molecule has 56 heavy (non-hydrogen) atoms. The Labute approximate surface area is 350 Å². The van der Waals surface area contributed by atoms with Crippen LogP contribution < -0.4 is 0 Å². The highest BCUT2D eigenvalue weighted by Crippen LogP contribution is 2.50. The van der Waals surface area contributed by atoms with Gasteiger partial charge < -0.3 is 9.97 Å². The second kappa shape index (κ2) is 14.6. The van der Waals surface area contributed by atoms with E-state index in [9.17, 15) is 0 Å². The van der Waals surface area contributed by atoms with Crippen LogP contribution in [0.1, 0.15) is 22.8 Å². The van der Waals surface area contributed by atoms with Gasteiger partial charge in [-0.05, 0) is 86.0 Å². The molecule has 4 nitrogen and oxygen atoms in total. The summed E-state index contributed by atoms with van der Waals surface area (Å²) in [7, 11) is 0. The summed E-state index contributed by atoms with van der Waals surface area (Å²) in [6.45, 7) is 0. The van der Waals surface area contributed by atoms with Gasteiger partial charge in [0, 0.05) is 22.3 Å². The molecule has 3 aromatic heterocycles. The van der Waals surface area contributed by atoms with E-state index in [0.717, 1.165) is 0 Å². The Morgan fingerprint density at radius 1 is 0.357 bits per heavy atom. The molecular weight excluding hydrogens is 980 g/mol. The lowest BCUT2D eigenvalue weighted by Gasteiger charge is -2.07. The van der Waals surface area contributed by atoms with Gasteiger partial charge in [-0.1, -0.05) is 121 Å². The van der Waals surface area contributed by atoms with Gasteiger partial charge in [-0.25, -0.2) is 27.5 Å². The zero-order valence-corrected chi connectivity index (χ0v) is 34.8. The Hall–Kier alpha value is -4.88. The summed E-state index contributed by atoms with van der Waals surface area (Å²) in [6, 6.07) is 35.5. The normalized spacial score (nSPS) is 12.9. The summed E-state index contributed by atoms with van der Waals surface area (Å²) in [5.41, 5.74) is 3.06. The Bertz CT molecular complexity index is 2590. The third kappa shape index (κ3) is 5.88. The van der Waals surface area contributed by atoms with Crippen LogP contribution in [0.2, 0.25) is 0 Å². The van der Waals surface area contributed by atoms with Crippen LogP contribution >= 0.6 is 63.7 Å². The van der Waals surface area contributed by atoms with E-state index in [4.69, 9.17) is 9.97 Å². The molecule has 0 amide bonds. The number of hydrogen-bond donors (Lipinski definition) is 2. The third-order valence-corrected chi connectivity index (χ3v) is 12.6. The average molecular weight is 1000 g/mol. The van der Waals surface area contributed by atoms with Crippen LogP contribution in [0.5, 0.6) is 0 Å². The lowest BCUT2D eigenvalue weighted by atomic mass is 10.0. The minimum absolute atomic E-state index is 0.0140. The van der Waals surface area contributed by atoms with E-state index < -0.39 is 23.3 Å². The minimum atomic E-state index is -0.748. The largest absolute Gasteiger partial charge is 0.351 e. The average Bonchev–Trinajstić information content (AvgIpc) is 3.89. The van der Waals surface area contributed by atoms with Crippen molar-refractivity contribution >= 4 is 106 Å². The van der Waals surface area contributed by atoms with Crippen LogP contribution in [-0.4, -0.2) is 19.9 Å². The summed E-state index contributed by atoms with van der Waals surface area (Å²) in [5.74, 6) is -2.94. The molecule has 0 unspecified atom stereocenters. The fourth-order valence-corrected chi connectivity index (χ4v) is 9.05. The number of fused-ring (bicyclic) bond motifs is 8. The second-order valence-corrected chi connectivity index (χ2v) is 16.0. The molecule has 0 saturated carbocycles. The van der Waals surface area contributed by atoms with Crippen molar-refractivity contribution in [3.63, 3.8) is 0 Å². The van der Waals surface area contributed by atoms with Gasteiger partial charge in [0.1, 0.15) is 11.4 Å². The highest BCUT2D eigenvalue weighted by molar-refractivity contribution is 9.15. The van der Waals surface area contributed by atoms with Crippen LogP contribution in [0.3, 0.4) is 0 Å². The molecule has 5 heterocycles. The fourth-order valence-electron chi connectivity index (χ4n) is 7.11. The van der Waals surface area contributed by atoms with Gasteiger partial charge in [0.15, 0.2) is 23.3 Å². The van der Waals surface area contributed by atoms with Gasteiger partial charge >= 0.3 is 0 Å². The molecule has 2 aliphatic rings. The van der Waals surface area contributed by atoms with Crippen LogP contribution in [0.15, 0.2) is 130 Å². The predicted molar refractivity (Wildman–Crippen MR) is 232 cm³/mol. The molecule has 12 heteroatoms. The summed E-state index contributed by atoms with van der Waals surface area (Å²) < 4.78 is 68.2. The summed E-state index contributed by atoms with van der Waals surface area (Å²) in [5, 5.41) is 0. The number of hydrogen-bond acceptors (Lipinski definition) is 2. The van der Waals surface area contributed by atoms with Gasteiger partial charge in [-0.3, -0.25) is 0 Å². The monoisotopic (exact) mass is 998 g/mol. The van der Waals surface area contributed by atoms with Crippen molar-refractivity contribution in [3.8, 4) is 44.5 Å². The van der Waals surface area contributed by atoms with E-state index >= 15 is 17.6 Å². The zero-order chi connectivity index (χ0) is 38.8. The topological polar surface area (TPSA) is 57.4 Å². The third-order valence-electron chi connectivity index (χ3n) is 9.62. The molecule has 2 aliphatic heterocycles. The molecule has 2 N–H and O–H groups in total. The Balaban J connectivity index is 1.63. The summed E-state index contributed by atoms with van der Waals surface area (Å²) in [4.78, 5) is 16.3.